The van der Waals surface area contributed by atoms with Gasteiger partial charge in [0.2, 0.25) is 0 Å². The van der Waals surface area contributed by atoms with Crippen LogP contribution in [-0.2, 0) is 44.0 Å². The maximum absolute atomic E-state index is 9.62. The summed E-state index contributed by atoms with van der Waals surface area (Å²) in [6.45, 7) is 6.49. The van der Waals surface area contributed by atoms with Crippen LogP contribution in [-0.4, -0.2) is 58.2 Å². The fraction of sp³-hybridized carbons (Fsp3) is 0.571. The quantitative estimate of drug-likeness (QED) is 0.744. The molecule has 1 aromatic rings. The molecule has 1 heterocycles. The minimum Gasteiger partial charge on any atom is -0.760 e. The molecule has 0 bridgehead atoms. The van der Waals surface area contributed by atoms with Gasteiger partial charge in [0.15, 0.2) is 0 Å². The third-order valence-electron chi connectivity index (χ3n) is 3.22. The molecule has 1 aliphatic rings. The van der Waals surface area contributed by atoms with E-state index in [9.17, 15) is 8.76 Å². The van der Waals surface area contributed by atoms with Gasteiger partial charge in [-0.3, -0.25) is 4.21 Å². The zero-order valence-corrected chi connectivity index (χ0v) is 16.6. The second kappa shape index (κ2) is 11.8. The average molecular weight is 386 g/mol. The molecule has 2 unspecified atom stereocenters. The molecule has 1 aliphatic heterocycles. The van der Waals surface area contributed by atoms with Crippen molar-refractivity contribution in [1.29, 1.82) is 0 Å². The molecule has 0 aliphatic carbocycles. The number of benzene rings is 1. The Bertz CT molecular complexity index is 400. The van der Waals surface area contributed by atoms with E-state index < -0.39 is 11.3 Å². The molecular formula is C14H23N3O2SY-2. The van der Waals surface area contributed by atoms with Gasteiger partial charge in [-0.05, 0) is 39.7 Å². The van der Waals surface area contributed by atoms with Gasteiger partial charge in [-0.1, -0.05) is 30.3 Å². The van der Waals surface area contributed by atoms with E-state index in [1.165, 1.54) is 19.7 Å². The summed E-state index contributed by atoms with van der Waals surface area (Å²) < 4.78 is 20.3. The molecule has 0 spiro atoms. The predicted octanol–water partition coefficient (Wildman–Crippen LogP) is 1.78. The first kappa shape index (κ1) is 21.3. The molecule has 0 N–H and O–H groups in total. The summed E-state index contributed by atoms with van der Waals surface area (Å²) in [7, 11) is 2.92. The molecular weight excluding hydrogens is 363 g/mol. The third kappa shape index (κ3) is 8.50. The van der Waals surface area contributed by atoms with Gasteiger partial charge < -0.3 is 14.8 Å². The summed E-state index contributed by atoms with van der Waals surface area (Å²) in [5.41, 5.74) is 1.41. The minimum absolute atomic E-state index is 0. The Labute approximate surface area is 155 Å². The van der Waals surface area contributed by atoms with Crippen molar-refractivity contribution in [3.05, 3.63) is 41.2 Å². The van der Waals surface area contributed by atoms with Crippen LogP contribution >= 0.6 is 0 Å². The minimum atomic E-state index is -2.03. The normalized spacial score (nSPS) is 18.1. The molecule has 2 atom stereocenters. The molecule has 1 aromatic carbocycles. The first-order valence-electron chi connectivity index (χ1n) is 6.71. The maximum atomic E-state index is 9.62. The molecule has 1 fully saturated rings. The molecule has 0 saturated carbocycles. The van der Waals surface area contributed by atoms with E-state index in [2.05, 4.69) is 47.5 Å². The summed E-state index contributed by atoms with van der Waals surface area (Å²) in [5, 5.41) is 4.36. The van der Waals surface area contributed by atoms with Gasteiger partial charge >= 0.3 is 0 Å². The van der Waals surface area contributed by atoms with Gasteiger partial charge in [0.05, 0.1) is 0 Å². The Hall–Kier alpha value is 0.314. The number of hydrogen-bond donors (Lipinski definition) is 0. The van der Waals surface area contributed by atoms with Gasteiger partial charge in [0.25, 0.3) is 0 Å². The van der Waals surface area contributed by atoms with Gasteiger partial charge in [-0.25, -0.2) is 4.31 Å². The van der Waals surface area contributed by atoms with Crippen molar-refractivity contribution in [2.45, 2.75) is 13.0 Å². The van der Waals surface area contributed by atoms with E-state index in [1.807, 2.05) is 0 Å². The SMILES string of the molecule is CC(c1ccccc1)N1CC[N-]CC1.CN(C)S(=O)[O-].[Y]. The van der Waals surface area contributed by atoms with Crippen LogP contribution in [0.1, 0.15) is 18.5 Å². The molecule has 1 saturated heterocycles. The largest absolute Gasteiger partial charge is 0.760 e. The number of nitrogens with zero attached hydrogens (tertiary/aromatic N) is 3. The molecule has 21 heavy (non-hydrogen) atoms. The zero-order valence-electron chi connectivity index (χ0n) is 12.9. The zero-order chi connectivity index (χ0) is 15.0. The van der Waals surface area contributed by atoms with Crippen LogP contribution in [0.15, 0.2) is 30.3 Å². The van der Waals surface area contributed by atoms with E-state index in [0.29, 0.717) is 6.04 Å². The molecule has 2 rings (SSSR count). The summed E-state index contributed by atoms with van der Waals surface area (Å²) in [6.07, 6.45) is 0. The van der Waals surface area contributed by atoms with Crippen LogP contribution in [0, 0.1) is 0 Å². The van der Waals surface area contributed by atoms with E-state index >= 15 is 0 Å². The first-order valence-corrected chi connectivity index (χ1v) is 7.74. The van der Waals surface area contributed by atoms with Crippen LogP contribution in [0.25, 0.3) is 5.32 Å². The molecule has 7 heteroatoms. The van der Waals surface area contributed by atoms with Gasteiger partial charge in [-0.2, -0.15) is 0 Å². The topological polar surface area (TPSA) is 60.7 Å². The van der Waals surface area contributed by atoms with Crippen LogP contribution < -0.4 is 0 Å². The Morgan fingerprint density at radius 3 is 2.14 bits per heavy atom. The van der Waals surface area contributed by atoms with Crippen molar-refractivity contribution in [1.82, 2.24) is 9.21 Å². The summed E-state index contributed by atoms with van der Waals surface area (Å²) in [5.74, 6) is 0. The van der Waals surface area contributed by atoms with Gasteiger partial charge in [-0.15, -0.1) is 13.1 Å². The fourth-order valence-corrected chi connectivity index (χ4v) is 1.95. The molecule has 5 nitrogen and oxygen atoms in total. The summed E-state index contributed by atoms with van der Waals surface area (Å²) in [6, 6.07) is 11.2. The predicted molar refractivity (Wildman–Crippen MR) is 82.1 cm³/mol. The summed E-state index contributed by atoms with van der Waals surface area (Å²) in [4.78, 5) is 2.50. The van der Waals surface area contributed by atoms with Crippen LogP contribution in [0.2, 0.25) is 0 Å². The standard InChI is InChI=1S/C12H17N2.C2H7NO2S.Y/c1-11(12-5-3-2-4-6-12)14-9-7-13-8-10-14;1-3(2)6(4)5;/h2-6,11H,7-10H2,1H3;1-2H3,(H,4,5);/q-1;;/p-1. The molecule has 1 radical (unpaired) electrons. The molecule has 117 valence electrons. The first-order chi connectivity index (χ1) is 9.52. The van der Waals surface area contributed by atoms with Crippen LogP contribution in [0.3, 0.4) is 0 Å². The smallest absolute Gasteiger partial charge is 0.0318 e. The maximum Gasteiger partial charge on any atom is 0.0318 e. The molecule has 0 aromatic heterocycles. The second-order valence-electron chi connectivity index (χ2n) is 4.82. The summed E-state index contributed by atoms with van der Waals surface area (Å²) >= 11 is -2.03. The molecule has 0 amide bonds. The van der Waals surface area contributed by atoms with Crippen molar-refractivity contribution in [2.24, 2.45) is 0 Å². The van der Waals surface area contributed by atoms with E-state index in [1.54, 1.807) is 0 Å². The Morgan fingerprint density at radius 2 is 1.71 bits per heavy atom. The number of piperazine rings is 1. The van der Waals surface area contributed by atoms with Crippen molar-refractivity contribution in [3.8, 4) is 0 Å². The van der Waals surface area contributed by atoms with Crippen molar-refractivity contribution in [3.63, 3.8) is 0 Å². The van der Waals surface area contributed by atoms with Crippen molar-refractivity contribution >= 4 is 11.3 Å². The third-order valence-corrected chi connectivity index (χ3v) is 3.81. The van der Waals surface area contributed by atoms with Gasteiger partial charge in [0.1, 0.15) is 0 Å². The van der Waals surface area contributed by atoms with Crippen molar-refractivity contribution < 1.29 is 41.5 Å². The van der Waals surface area contributed by atoms with E-state index in [4.69, 9.17) is 0 Å². The Balaban J connectivity index is 0.000000495. The monoisotopic (exact) mass is 386 g/mol. The van der Waals surface area contributed by atoms with Crippen LogP contribution in [0.5, 0.6) is 0 Å². The second-order valence-corrected chi connectivity index (χ2v) is 5.99. The average Bonchev–Trinajstić information content (AvgIpc) is 2.49. The van der Waals surface area contributed by atoms with Gasteiger partial charge in [0, 0.05) is 50.0 Å². The van der Waals surface area contributed by atoms with Crippen LogP contribution in [0.4, 0.5) is 0 Å². The van der Waals surface area contributed by atoms with Crippen molar-refractivity contribution in [2.75, 3.05) is 40.3 Å². The Kier molecular flexibility index (Phi) is 12.0. The Morgan fingerprint density at radius 1 is 1.24 bits per heavy atom. The number of rotatable bonds is 3. The number of hydrogen-bond acceptors (Lipinski definition) is 3. The van der Waals surface area contributed by atoms with E-state index in [-0.39, 0.29) is 32.7 Å². The fourth-order valence-electron chi connectivity index (χ4n) is 1.95. The van der Waals surface area contributed by atoms with E-state index in [0.717, 1.165) is 30.5 Å².